The molecule has 0 aliphatic carbocycles. The second kappa shape index (κ2) is 4.68. The van der Waals surface area contributed by atoms with Gasteiger partial charge in [-0.1, -0.05) is 6.07 Å². The van der Waals surface area contributed by atoms with Gasteiger partial charge in [0, 0.05) is 6.04 Å². The SMILES string of the molecule is CNC(c1ccc2c(c1)OCO2)C1CCS(=O)(=O)C1. The van der Waals surface area contributed by atoms with Gasteiger partial charge in [-0.25, -0.2) is 8.42 Å². The molecule has 2 unspecified atom stereocenters. The molecular weight excluding hydrogens is 266 g/mol. The Morgan fingerprint density at radius 2 is 2.11 bits per heavy atom. The highest BCUT2D eigenvalue weighted by Gasteiger charge is 2.34. The second-order valence-corrected chi connectivity index (χ2v) is 7.27. The number of nitrogens with one attached hydrogen (secondary N) is 1. The summed E-state index contributed by atoms with van der Waals surface area (Å²) in [7, 11) is -1.00. The fourth-order valence-electron chi connectivity index (χ4n) is 2.87. The Kier molecular flexibility index (Phi) is 3.14. The molecule has 2 atom stereocenters. The highest BCUT2D eigenvalue weighted by atomic mass is 32.2. The van der Waals surface area contributed by atoms with E-state index in [2.05, 4.69) is 5.32 Å². The maximum Gasteiger partial charge on any atom is 0.231 e. The lowest BCUT2D eigenvalue weighted by Crippen LogP contribution is -2.26. The quantitative estimate of drug-likeness (QED) is 0.900. The van der Waals surface area contributed by atoms with E-state index in [-0.39, 0.29) is 24.5 Å². The lowest BCUT2D eigenvalue weighted by atomic mass is 9.92. The van der Waals surface area contributed by atoms with Crippen molar-refractivity contribution < 1.29 is 17.9 Å². The van der Waals surface area contributed by atoms with Crippen LogP contribution in [0.4, 0.5) is 0 Å². The summed E-state index contributed by atoms with van der Waals surface area (Å²) in [5, 5.41) is 3.23. The summed E-state index contributed by atoms with van der Waals surface area (Å²) in [4.78, 5) is 0. The van der Waals surface area contributed by atoms with Crippen LogP contribution in [-0.4, -0.2) is 33.8 Å². The highest BCUT2D eigenvalue weighted by Crippen LogP contribution is 2.37. The van der Waals surface area contributed by atoms with Crippen LogP contribution in [0.5, 0.6) is 11.5 Å². The number of sulfone groups is 1. The van der Waals surface area contributed by atoms with Gasteiger partial charge < -0.3 is 14.8 Å². The minimum atomic E-state index is -2.87. The summed E-state index contributed by atoms with van der Waals surface area (Å²) in [6.45, 7) is 0.251. The van der Waals surface area contributed by atoms with Gasteiger partial charge in [-0.15, -0.1) is 0 Å². The van der Waals surface area contributed by atoms with Crippen molar-refractivity contribution in [3.05, 3.63) is 23.8 Å². The molecule has 2 aliphatic rings. The van der Waals surface area contributed by atoms with Gasteiger partial charge in [0.2, 0.25) is 6.79 Å². The van der Waals surface area contributed by atoms with Crippen molar-refractivity contribution in [1.29, 1.82) is 0 Å². The predicted octanol–water partition coefficient (Wildman–Crippen LogP) is 1.11. The summed E-state index contributed by atoms with van der Waals surface area (Å²) in [6.07, 6.45) is 0.711. The lowest BCUT2D eigenvalue weighted by molar-refractivity contribution is 0.174. The summed E-state index contributed by atoms with van der Waals surface area (Å²) in [6, 6.07) is 5.83. The lowest BCUT2D eigenvalue weighted by Gasteiger charge is -2.22. The molecule has 0 aromatic heterocycles. The van der Waals surface area contributed by atoms with Crippen molar-refractivity contribution in [2.45, 2.75) is 12.5 Å². The first kappa shape index (κ1) is 12.7. The minimum Gasteiger partial charge on any atom is -0.454 e. The molecule has 1 fully saturated rings. The van der Waals surface area contributed by atoms with E-state index in [0.29, 0.717) is 12.2 Å². The van der Waals surface area contributed by atoms with Gasteiger partial charge in [0.05, 0.1) is 11.5 Å². The Morgan fingerprint density at radius 1 is 1.32 bits per heavy atom. The Labute approximate surface area is 112 Å². The zero-order valence-electron chi connectivity index (χ0n) is 10.8. The first-order valence-electron chi connectivity index (χ1n) is 6.36. The molecule has 2 aliphatic heterocycles. The van der Waals surface area contributed by atoms with Crippen molar-refractivity contribution in [2.75, 3.05) is 25.3 Å². The Bertz CT molecular complexity index is 584. The minimum absolute atomic E-state index is 0.0341. The van der Waals surface area contributed by atoms with Gasteiger partial charge in [-0.3, -0.25) is 0 Å². The molecule has 0 bridgehead atoms. The van der Waals surface area contributed by atoms with Crippen LogP contribution in [0.1, 0.15) is 18.0 Å². The molecular formula is C13H17NO4S. The average molecular weight is 283 g/mol. The molecule has 104 valence electrons. The maximum atomic E-state index is 11.6. The third-order valence-electron chi connectivity index (χ3n) is 3.81. The molecule has 6 heteroatoms. The fraction of sp³-hybridized carbons (Fsp3) is 0.538. The van der Waals surface area contributed by atoms with E-state index in [9.17, 15) is 8.42 Å². The monoisotopic (exact) mass is 283 g/mol. The van der Waals surface area contributed by atoms with Crippen LogP contribution in [0, 0.1) is 5.92 Å². The summed E-state index contributed by atoms with van der Waals surface area (Å²) in [5.41, 5.74) is 1.05. The van der Waals surface area contributed by atoms with Crippen molar-refractivity contribution in [3.63, 3.8) is 0 Å². The van der Waals surface area contributed by atoms with E-state index >= 15 is 0 Å². The standard InChI is InChI=1S/C13H17NO4S/c1-14-13(10-4-5-19(15,16)7-10)9-2-3-11-12(6-9)18-8-17-11/h2-3,6,10,13-14H,4-5,7-8H2,1H3. The number of ether oxygens (including phenoxy) is 2. The average Bonchev–Trinajstić information content (AvgIpc) is 2.96. The molecule has 1 aromatic carbocycles. The number of benzene rings is 1. The van der Waals surface area contributed by atoms with Gasteiger partial charge in [0.15, 0.2) is 21.3 Å². The van der Waals surface area contributed by atoms with E-state index in [1.54, 1.807) is 0 Å². The van der Waals surface area contributed by atoms with Crippen molar-refractivity contribution in [2.24, 2.45) is 5.92 Å². The third-order valence-corrected chi connectivity index (χ3v) is 5.60. The molecule has 2 heterocycles. The number of hydrogen-bond acceptors (Lipinski definition) is 5. The van der Waals surface area contributed by atoms with Crippen LogP contribution in [-0.2, 0) is 9.84 Å². The van der Waals surface area contributed by atoms with Crippen LogP contribution >= 0.6 is 0 Å². The maximum absolute atomic E-state index is 11.6. The van der Waals surface area contributed by atoms with E-state index in [1.807, 2.05) is 25.2 Å². The molecule has 1 N–H and O–H groups in total. The normalized spacial score (nSPS) is 25.4. The predicted molar refractivity (Wildman–Crippen MR) is 71.1 cm³/mol. The van der Waals surface area contributed by atoms with E-state index in [1.165, 1.54) is 0 Å². The Balaban J connectivity index is 1.86. The van der Waals surface area contributed by atoms with Crippen molar-refractivity contribution in [3.8, 4) is 11.5 Å². The van der Waals surface area contributed by atoms with Crippen LogP contribution in [0.3, 0.4) is 0 Å². The van der Waals surface area contributed by atoms with Gasteiger partial charge in [-0.05, 0) is 37.1 Å². The van der Waals surface area contributed by atoms with E-state index in [0.717, 1.165) is 17.1 Å². The van der Waals surface area contributed by atoms with Gasteiger partial charge in [0.25, 0.3) is 0 Å². The molecule has 0 radical (unpaired) electrons. The first-order valence-corrected chi connectivity index (χ1v) is 8.18. The fourth-order valence-corrected chi connectivity index (χ4v) is 4.71. The largest absolute Gasteiger partial charge is 0.454 e. The van der Waals surface area contributed by atoms with Crippen molar-refractivity contribution >= 4 is 9.84 Å². The van der Waals surface area contributed by atoms with Crippen LogP contribution in [0.25, 0.3) is 0 Å². The number of rotatable bonds is 3. The molecule has 0 saturated carbocycles. The van der Waals surface area contributed by atoms with Gasteiger partial charge in [0.1, 0.15) is 0 Å². The molecule has 1 aromatic rings. The summed E-state index contributed by atoms with van der Waals surface area (Å²) >= 11 is 0. The molecule has 3 rings (SSSR count). The molecule has 5 nitrogen and oxygen atoms in total. The molecule has 19 heavy (non-hydrogen) atoms. The summed E-state index contributed by atoms with van der Waals surface area (Å²) < 4.78 is 33.9. The second-order valence-electron chi connectivity index (χ2n) is 5.04. The van der Waals surface area contributed by atoms with Crippen LogP contribution in [0.2, 0.25) is 0 Å². The summed E-state index contributed by atoms with van der Waals surface area (Å²) in [5.74, 6) is 2.15. The molecule has 1 saturated heterocycles. The Morgan fingerprint density at radius 3 is 2.79 bits per heavy atom. The van der Waals surface area contributed by atoms with E-state index < -0.39 is 9.84 Å². The highest BCUT2D eigenvalue weighted by molar-refractivity contribution is 7.91. The molecule has 0 spiro atoms. The van der Waals surface area contributed by atoms with Gasteiger partial charge in [-0.2, -0.15) is 0 Å². The third kappa shape index (κ3) is 2.42. The van der Waals surface area contributed by atoms with Gasteiger partial charge >= 0.3 is 0 Å². The van der Waals surface area contributed by atoms with Crippen LogP contribution < -0.4 is 14.8 Å². The smallest absolute Gasteiger partial charge is 0.231 e. The zero-order valence-corrected chi connectivity index (χ0v) is 11.6. The van der Waals surface area contributed by atoms with Crippen LogP contribution in [0.15, 0.2) is 18.2 Å². The number of fused-ring (bicyclic) bond motifs is 1. The zero-order chi connectivity index (χ0) is 13.5. The Hall–Kier alpha value is -1.27. The topological polar surface area (TPSA) is 64.6 Å². The van der Waals surface area contributed by atoms with E-state index in [4.69, 9.17) is 9.47 Å². The first-order chi connectivity index (χ1) is 9.09. The van der Waals surface area contributed by atoms with Crippen molar-refractivity contribution in [1.82, 2.24) is 5.32 Å². The molecule has 0 amide bonds. The number of hydrogen-bond donors (Lipinski definition) is 1.